The molecule has 0 aliphatic carbocycles. The highest BCUT2D eigenvalue weighted by Gasteiger charge is 2.25. The van der Waals surface area contributed by atoms with Gasteiger partial charge in [0.2, 0.25) is 5.96 Å². The third-order valence-corrected chi connectivity index (χ3v) is 5.13. The average Bonchev–Trinajstić information content (AvgIpc) is 3.24. The second-order valence-corrected chi connectivity index (χ2v) is 7.78. The predicted molar refractivity (Wildman–Crippen MR) is 120 cm³/mol. The number of anilines is 1. The van der Waals surface area contributed by atoms with Crippen molar-refractivity contribution in [2.75, 3.05) is 5.32 Å². The van der Waals surface area contributed by atoms with Gasteiger partial charge in [0.25, 0.3) is 5.91 Å². The van der Waals surface area contributed by atoms with E-state index in [1.807, 2.05) is 30.3 Å². The van der Waals surface area contributed by atoms with Crippen LogP contribution >= 0.6 is 11.6 Å². The Balaban J connectivity index is 1.56. The molecule has 0 bridgehead atoms. The molecule has 4 N–H and O–H groups in total. The predicted octanol–water partition coefficient (Wildman–Crippen LogP) is 4.52. The number of rotatable bonds is 4. The second-order valence-electron chi connectivity index (χ2n) is 7.35. The van der Waals surface area contributed by atoms with Gasteiger partial charge in [-0.25, -0.2) is 29.0 Å². The van der Waals surface area contributed by atoms with Crippen LogP contribution in [-0.2, 0) is 0 Å². The molecular formula is C23H19ClF3N5O. The van der Waals surface area contributed by atoms with Gasteiger partial charge < -0.3 is 5.32 Å². The first kappa shape index (κ1) is 22.8. The molecule has 1 saturated heterocycles. The Morgan fingerprint density at radius 1 is 0.970 bits per heavy atom. The zero-order chi connectivity index (χ0) is 23.4. The smallest absolute Gasteiger partial charge is 0.258 e. The van der Waals surface area contributed by atoms with Crippen molar-refractivity contribution in [3.05, 3.63) is 100 Å². The summed E-state index contributed by atoms with van der Waals surface area (Å²) in [6.07, 6.45) is 0.104. The number of guanidine groups is 1. The van der Waals surface area contributed by atoms with Gasteiger partial charge in [-0.15, -0.1) is 0 Å². The number of carbonyl (C=O) groups excluding carboxylic acids is 1. The lowest BCUT2D eigenvalue weighted by Gasteiger charge is -2.14. The molecule has 33 heavy (non-hydrogen) atoms. The number of amides is 1. The first-order valence-electron chi connectivity index (χ1n) is 10.0. The number of carbonyl (C=O) groups is 1. The minimum atomic E-state index is -1.15. The fourth-order valence-corrected chi connectivity index (χ4v) is 3.58. The summed E-state index contributed by atoms with van der Waals surface area (Å²) in [5, 5.41) is 5.50. The van der Waals surface area contributed by atoms with E-state index >= 15 is 0 Å². The third-order valence-electron chi connectivity index (χ3n) is 4.91. The Labute approximate surface area is 192 Å². The Kier molecular flexibility index (Phi) is 6.93. The highest BCUT2D eigenvalue weighted by molar-refractivity contribution is 6.31. The molecule has 6 nitrogen and oxygen atoms in total. The second kappa shape index (κ2) is 10.0. The van der Waals surface area contributed by atoms with Crippen LogP contribution in [0, 0.1) is 17.5 Å². The van der Waals surface area contributed by atoms with Crippen molar-refractivity contribution in [3.63, 3.8) is 0 Å². The molecule has 1 amide bonds. The molecule has 10 heteroatoms. The molecule has 4 rings (SSSR count). The fourth-order valence-electron chi connectivity index (χ4n) is 3.36. The van der Waals surface area contributed by atoms with E-state index in [4.69, 9.17) is 11.6 Å². The van der Waals surface area contributed by atoms with Crippen LogP contribution in [0.2, 0.25) is 5.02 Å². The van der Waals surface area contributed by atoms with Crippen LogP contribution in [0.1, 0.15) is 28.4 Å². The normalized spacial score (nSPS) is 18.2. The van der Waals surface area contributed by atoms with Crippen molar-refractivity contribution in [3.8, 4) is 0 Å². The van der Waals surface area contributed by atoms with Gasteiger partial charge in [0, 0.05) is 28.7 Å². The average molecular weight is 474 g/mol. The minimum Gasteiger partial charge on any atom is -0.326 e. The number of hydrogen-bond acceptors (Lipinski definition) is 4. The zero-order valence-corrected chi connectivity index (χ0v) is 17.8. The van der Waals surface area contributed by atoms with Crippen LogP contribution in [0.15, 0.2) is 71.7 Å². The van der Waals surface area contributed by atoms with Gasteiger partial charge in [-0.05, 0) is 42.0 Å². The Bertz CT molecular complexity index is 1170. The van der Waals surface area contributed by atoms with Crippen molar-refractivity contribution in [1.82, 2.24) is 16.2 Å². The number of nitrogens with zero attached hydrogens (tertiary/aromatic N) is 1. The van der Waals surface area contributed by atoms with Crippen molar-refractivity contribution >= 4 is 29.2 Å². The Morgan fingerprint density at radius 2 is 1.76 bits per heavy atom. The van der Waals surface area contributed by atoms with Crippen LogP contribution < -0.4 is 21.5 Å². The van der Waals surface area contributed by atoms with Gasteiger partial charge in [-0.2, -0.15) is 0 Å². The number of hydrogen-bond donors (Lipinski definition) is 4. The quantitative estimate of drug-likeness (QED) is 0.332. The van der Waals surface area contributed by atoms with Gasteiger partial charge >= 0.3 is 0 Å². The number of hydrazine groups is 1. The highest BCUT2D eigenvalue weighted by atomic mass is 35.5. The van der Waals surface area contributed by atoms with E-state index in [0.717, 1.165) is 29.8 Å². The molecular weight excluding hydrogens is 455 g/mol. The van der Waals surface area contributed by atoms with Crippen LogP contribution in [-0.4, -0.2) is 18.0 Å². The Hall–Kier alpha value is -3.40. The number of aliphatic imine (C=N–C) groups is 1. The molecule has 2 unspecified atom stereocenters. The first-order valence-corrected chi connectivity index (χ1v) is 10.4. The van der Waals surface area contributed by atoms with Crippen LogP contribution in [0.4, 0.5) is 18.9 Å². The van der Waals surface area contributed by atoms with Gasteiger partial charge in [-0.3, -0.25) is 10.1 Å². The van der Waals surface area contributed by atoms with Gasteiger partial charge in [0.15, 0.2) is 11.6 Å². The summed E-state index contributed by atoms with van der Waals surface area (Å²) in [6.45, 7) is 0. The first-order chi connectivity index (χ1) is 15.9. The number of halogens is 4. The molecule has 0 saturated carbocycles. The molecule has 1 heterocycles. The van der Waals surface area contributed by atoms with Gasteiger partial charge in [0.05, 0.1) is 0 Å². The van der Waals surface area contributed by atoms with E-state index in [9.17, 15) is 18.0 Å². The molecule has 0 spiro atoms. The monoisotopic (exact) mass is 473 g/mol. The summed E-state index contributed by atoms with van der Waals surface area (Å²) in [5.74, 6) is -3.56. The highest BCUT2D eigenvalue weighted by Crippen LogP contribution is 2.23. The van der Waals surface area contributed by atoms with E-state index in [0.29, 0.717) is 6.42 Å². The maximum atomic E-state index is 13.8. The summed E-state index contributed by atoms with van der Waals surface area (Å²) in [5.41, 5.74) is 7.36. The molecule has 170 valence electrons. The largest absolute Gasteiger partial charge is 0.326 e. The molecule has 3 aromatic carbocycles. The van der Waals surface area contributed by atoms with E-state index in [1.165, 1.54) is 12.1 Å². The summed E-state index contributed by atoms with van der Waals surface area (Å²) < 4.78 is 40.6. The number of benzene rings is 3. The molecule has 1 aliphatic rings. The van der Waals surface area contributed by atoms with Crippen molar-refractivity contribution in [1.29, 1.82) is 0 Å². The SMILES string of the molecule is O=C(NC(=NC1CC(c2ccccc2)NN1)Nc1cc(F)cc(Cl)c1)c1ccc(F)c(F)c1. The summed E-state index contributed by atoms with van der Waals surface area (Å²) in [6, 6.07) is 16.3. The molecule has 3 aromatic rings. The molecule has 1 aliphatic heterocycles. The summed E-state index contributed by atoms with van der Waals surface area (Å²) in [4.78, 5) is 17.1. The Morgan fingerprint density at radius 3 is 2.48 bits per heavy atom. The minimum absolute atomic E-state index is 0.0216. The van der Waals surface area contributed by atoms with Crippen molar-refractivity contribution < 1.29 is 18.0 Å². The lowest BCUT2D eigenvalue weighted by Crippen LogP contribution is -2.39. The lowest BCUT2D eigenvalue weighted by molar-refractivity contribution is 0.0976. The van der Waals surface area contributed by atoms with Crippen LogP contribution in [0.5, 0.6) is 0 Å². The zero-order valence-electron chi connectivity index (χ0n) is 17.1. The maximum absolute atomic E-state index is 13.8. The van der Waals surface area contributed by atoms with E-state index in [2.05, 4.69) is 26.5 Å². The summed E-state index contributed by atoms with van der Waals surface area (Å²) >= 11 is 5.92. The maximum Gasteiger partial charge on any atom is 0.258 e. The van der Waals surface area contributed by atoms with E-state index in [-0.39, 0.29) is 28.3 Å². The molecule has 1 fully saturated rings. The molecule has 2 atom stereocenters. The van der Waals surface area contributed by atoms with E-state index < -0.39 is 29.5 Å². The summed E-state index contributed by atoms with van der Waals surface area (Å²) in [7, 11) is 0. The molecule has 0 aromatic heterocycles. The topological polar surface area (TPSA) is 77.5 Å². The van der Waals surface area contributed by atoms with Crippen molar-refractivity contribution in [2.45, 2.75) is 18.6 Å². The number of nitrogens with one attached hydrogen (secondary N) is 4. The van der Waals surface area contributed by atoms with Gasteiger partial charge in [0.1, 0.15) is 12.0 Å². The lowest BCUT2D eigenvalue weighted by atomic mass is 10.1. The van der Waals surface area contributed by atoms with Gasteiger partial charge in [-0.1, -0.05) is 41.9 Å². The fraction of sp³-hybridized carbons (Fsp3) is 0.130. The molecule has 0 radical (unpaired) electrons. The van der Waals surface area contributed by atoms with Crippen LogP contribution in [0.25, 0.3) is 0 Å². The van der Waals surface area contributed by atoms with Crippen molar-refractivity contribution in [2.24, 2.45) is 4.99 Å². The third kappa shape index (κ3) is 5.89. The standard InChI is InChI=1S/C23H19ClF3N5O/c24-15-9-16(25)11-17(10-15)28-23(30-22(33)14-6-7-18(26)19(27)8-14)29-21-12-20(31-32-21)13-4-2-1-3-5-13/h1-11,20-21,31-32H,12H2,(H2,28,29,30,33). The van der Waals surface area contributed by atoms with E-state index in [1.54, 1.807) is 0 Å². The van der Waals surface area contributed by atoms with Crippen LogP contribution in [0.3, 0.4) is 0 Å².